The minimum Gasteiger partial charge on any atom is -0.459 e. The quantitative estimate of drug-likeness (QED) is 0.513. The Morgan fingerprint density at radius 3 is 2.47 bits per heavy atom. The van der Waals surface area contributed by atoms with Crippen molar-refractivity contribution >= 4 is 11.7 Å². The number of hydrogen-bond donors (Lipinski definition) is 1. The summed E-state index contributed by atoms with van der Waals surface area (Å²) in [5.41, 5.74) is 5.67. The molecule has 0 aliphatic heterocycles. The van der Waals surface area contributed by atoms with Crippen LogP contribution in [0.2, 0.25) is 0 Å². The maximum absolute atomic E-state index is 11.8. The van der Waals surface area contributed by atoms with Crippen molar-refractivity contribution in [2.75, 3.05) is 0 Å². The van der Waals surface area contributed by atoms with Crippen LogP contribution in [0.1, 0.15) is 37.9 Å². The maximum atomic E-state index is 11.8. The summed E-state index contributed by atoms with van der Waals surface area (Å²) in [4.78, 5) is 21.9. The number of nitro benzene ring substituents is 1. The number of carbonyl (C=O) groups is 1. The standard InChI is InChI=1S/C13H17N2O4/c1-8-7-9(5-6-10(8)15(17)18)11(14)12(16)19-13(2,3)4/h5-7,11H,1,14H2,2-4H3. The van der Waals surface area contributed by atoms with E-state index in [0.29, 0.717) is 5.56 Å². The van der Waals surface area contributed by atoms with Crippen LogP contribution in [0, 0.1) is 17.0 Å². The van der Waals surface area contributed by atoms with Gasteiger partial charge in [0.25, 0.3) is 5.69 Å². The first-order valence-electron chi connectivity index (χ1n) is 5.70. The zero-order valence-electron chi connectivity index (χ0n) is 11.2. The Bertz CT molecular complexity index is 506. The van der Waals surface area contributed by atoms with E-state index in [1.54, 1.807) is 20.8 Å². The van der Waals surface area contributed by atoms with Crippen molar-refractivity contribution in [3.8, 4) is 0 Å². The molecular weight excluding hydrogens is 248 g/mol. The second-order valence-electron chi connectivity index (χ2n) is 5.16. The molecule has 0 aromatic heterocycles. The predicted molar refractivity (Wildman–Crippen MR) is 70.3 cm³/mol. The average molecular weight is 265 g/mol. The Labute approximate surface area is 111 Å². The molecule has 1 radical (unpaired) electrons. The number of carbonyl (C=O) groups excluding carboxylic acids is 1. The van der Waals surface area contributed by atoms with Gasteiger partial charge in [-0.25, -0.2) is 4.79 Å². The van der Waals surface area contributed by atoms with Crippen molar-refractivity contribution in [1.82, 2.24) is 0 Å². The average Bonchev–Trinajstić information content (AvgIpc) is 2.24. The van der Waals surface area contributed by atoms with Crippen LogP contribution in [-0.2, 0) is 9.53 Å². The fourth-order valence-corrected chi connectivity index (χ4v) is 1.48. The summed E-state index contributed by atoms with van der Waals surface area (Å²) in [7, 11) is 0. The molecule has 0 bridgehead atoms. The molecule has 103 valence electrons. The van der Waals surface area contributed by atoms with E-state index < -0.39 is 22.5 Å². The molecule has 0 amide bonds. The van der Waals surface area contributed by atoms with Gasteiger partial charge in [0.2, 0.25) is 0 Å². The number of ether oxygens (including phenoxy) is 1. The van der Waals surface area contributed by atoms with E-state index in [4.69, 9.17) is 10.5 Å². The number of benzene rings is 1. The molecule has 6 heteroatoms. The van der Waals surface area contributed by atoms with Crippen molar-refractivity contribution in [1.29, 1.82) is 0 Å². The highest BCUT2D eigenvalue weighted by Crippen LogP contribution is 2.23. The smallest absolute Gasteiger partial charge is 0.328 e. The zero-order valence-corrected chi connectivity index (χ0v) is 11.2. The molecule has 6 nitrogen and oxygen atoms in total. The van der Waals surface area contributed by atoms with Gasteiger partial charge in [-0.3, -0.25) is 10.1 Å². The molecule has 0 aliphatic rings. The molecule has 1 aromatic rings. The number of nitro groups is 1. The van der Waals surface area contributed by atoms with Gasteiger partial charge >= 0.3 is 5.97 Å². The Morgan fingerprint density at radius 2 is 2.05 bits per heavy atom. The minimum absolute atomic E-state index is 0.111. The molecule has 1 atom stereocenters. The Hall–Kier alpha value is -1.95. The summed E-state index contributed by atoms with van der Waals surface area (Å²) in [6.07, 6.45) is 0. The van der Waals surface area contributed by atoms with Gasteiger partial charge in [0.15, 0.2) is 0 Å². The molecular formula is C13H17N2O4. The summed E-state index contributed by atoms with van der Waals surface area (Å²) < 4.78 is 5.15. The third kappa shape index (κ3) is 4.03. The summed E-state index contributed by atoms with van der Waals surface area (Å²) in [6.45, 7) is 8.78. The molecule has 0 heterocycles. The maximum Gasteiger partial charge on any atom is 0.328 e. The van der Waals surface area contributed by atoms with Crippen molar-refractivity contribution in [3.63, 3.8) is 0 Å². The van der Waals surface area contributed by atoms with Crippen LogP contribution >= 0.6 is 0 Å². The SMILES string of the molecule is [CH2]c1cc(C(N)C(=O)OC(C)(C)C)ccc1[N+](=O)[O-]. The zero-order chi connectivity index (χ0) is 14.8. The number of esters is 1. The molecule has 1 unspecified atom stereocenters. The van der Waals surface area contributed by atoms with Crippen LogP contribution < -0.4 is 5.73 Å². The molecule has 0 saturated carbocycles. The van der Waals surface area contributed by atoms with Crippen LogP contribution in [0.3, 0.4) is 0 Å². The van der Waals surface area contributed by atoms with E-state index in [0.717, 1.165) is 0 Å². The number of nitrogens with two attached hydrogens (primary N) is 1. The van der Waals surface area contributed by atoms with Gasteiger partial charge in [-0.2, -0.15) is 0 Å². The normalized spacial score (nSPS) is 12.9. The lowest BCUT2D eigenvalue weighted by molar-refractivity contribution is -0.385. The summed E-state index contributed by atoms with van der Waals surface area (Å²) in [5, 5.41) is 10.7. The summed E-state index contributed by atoms with van der Waals surface area (Å²) in [5.74, 6) is -0.583. The molecule has 2 N–H and O–H groups in total. The fourth-order valence-electron chi connectivity index (χ4n) is 1.48. The van der Waals surface area contributed by atoms with Gasteiger partial charge in [-0.1, -0.05) is 6.07 Å². The lowest BCUT2D eigenvalue weighted by Crippen LogP contribution is -2.31. The van der Waals surface area contributed by atoms with Gasteiger partial charge in [0.1, 0.15) is 11.6 Å². The van der Waals surface area contributed by atoms with Crippen molar-refractivity contribution in [2.24, 2.45) is 5.73 Å². The number of rotatable bonds is 3. The van der Waals surface area contributed by atoms with Crippen LogP contribution in [0.4, 0.5) is 5.69 Å². The Kier molecular flexibility index (Phi) is 4.26. The second kappa shape index (κ2) is 5.36. The second-order valence-corrected chi connectivity index (χ2v) is 5.16. The molecule has 0 fully saturated rings. The van der Waals surface area contributed by atoms with Gasteiger partial charge in [-0.05, 0) is 39.3 Å². The molecule has 0 aliphatic carbocycles. The van der Waals surface area contributed by atoms with Crippen LogP contribution in [0.15, 0.2) is 18.2 Å². The van der Waals surface area contributed by atoms with Gasteiger partial charge < -0.3 is 10.5 Å². The lowest BCUT2D eigenvalue weighted by Gasteiger charge is -2.22. The van der Waals surface area contributed by atoms with Crippen LogP contribution in [0.25, 0.3) is 0 Å². The minimum atomic E-state index is -0.986. The van der Waals surface area contributed by atoms with Crippen LogP contribution in [0.5, 0.6) is 0 Å². The first kappa shape index (κ1) is 15.1. The highest BCUT2D eigenvalue weighted by Gasteiger charge is 2.24. The van der Waals surface area contributed by atoms with Crippen molar-refractivity contribution in [3.05, 3.63) is 46.4 Å². The van der Waals surface area contributed by atoms with E-state index in [9.17, 15) is 14.9 Å². The summed E-state index contributed by atoms with van der Waals surface area (Å²) in [6, 6.07) is 3.15. The van der Waals surface area contributed by atoms with Crippen LogP contribution in [-0.4, -0.2) is 16.5 Å². The molecule has 19 heavy (non-hydrogen) atoms. The fraction of sp³-hybridized carbons (Fsp3) is 0.385. The lowest BCUT2D eigenvalue weighted by atomic mass is 10.0. The Balaban J connectivity index is 2.95. The van der Waals surface area contributed by atoms with E-state index in [-0.39, 0.29) is 11.3 Å². The highest BCUT2D eigenvalue weighted by molar-refractivity contribution is 5.78. The first-order chi connectivity index (χ1) is 8.61. The van der Waals surface area contributed by atoms with Gasteiger partial charge in [0, 0.05) is 11.6 Å². The molecule has 0 spiro atoms. The monoisotopic (exact) mass is 265 g/mol. The van der Waals surface area contributed by atoms with E-state index in [2.05, 4.69) is 6.92 Å². The topological polar surface area (TPSA) is 95.5 Å². The van der Waals surface area contributed by atoms with Gasteiger partial charge in [-0.15, -0.1) is 0 Å². The molecule has 0 saturated heterocycles. The van der Waals surface area contributed by atoms with Gasteiger partial charge in [0.05, 0.1) is 4.92 Å². The summed E-state index contributed by atoms with van der Waals surface area (Å²) >= 11 is 0. The van der Waals surface area contributed by atoms with Crippen molar-refractivity contribution < 1.29 is 14.5 Å². The first-order valence-corrected chi connectivity index (χ1v) is 5.70. The largest absolute Gasteiger partial charge is 0.459 e. The highest BCUT2D eigenvalue weighted by atomic mass is 16.6. The van der Waals surface area contributed by atoms with Crippen molar-refractivity contribution in [2.45, 2.75) is 32.4 Å². The van der Waals surface area contributed by atoms with E-state index in [1.165, 1.54) is 18.2 Å². The van der Waals surface area contributed by atoms with E-state index in [1.807, 2.05) is 0 Å². The third-order valence-corrected chi connectivity index (χ3v) is 2.32. The molecule has 1 aromatic carbocycles. The number of nitrogens with zero attached hydrogens (tertiary/aromatic N) is 1. The third-order valence-electron chi connectivity index (χ3n) is 2.32. The Morgan fingerprint density at radius 1 is 1.47 bits per heavy atom. The predicted octanol–water partition coefficient (Wildman–Crippen LogP) is 2.12. The van der Waals surface area contributed by atoms with E-state index >= 15 is 0 Å². The molecule has 1 rings (SSSR count). The number of hydrogen-bond acceptors (Lipinski definition) is 5.